The van der Waals surface area contributed by atoms with Crippen LogP contribution in [0.15, 0.2) is 34.8 Å². The largest absolute Gasteiger partial charge is 0.508 e. The molecule has 1 aliphatic carbocycles. The van der Waals surface area contributed by atoms with Gasteiger partial charge in [0, 0.05) is 5.92 Å². The summed E-state index contributed by atoms with van der Waals surface area (Å²) < 4.78 is 6.53. The number of ether oxygens (including phenoxy) is 1. The van der Waals surface area contributed by atoms with Gasteiger partial charge in [0.2, 0.25) is 0 Å². The molecule has 0 amide bonds. The van der Waals surface area contributed by atoms with Crippen LogP contribution < -0.4 is 0 Å². The minimum Gasteiger partial charge on any atom is -0.508 e. The van der Waals surface area contributed by atoms with Crippen molar-refractivity contribution in [2.24, 2.45) is 23.7 Å². The van der Waals surface area contributed by atoms with Gasteiger partial charge in [0.25, 0.3) is 0 Å². The number of unbranched alkanes of at least 4 members (excludes halogenated alkanes) is 1. The van der Waals surface area contributed by atoms with E-state index >= 15 is 0 Å². The van der Waals surface area contributed by atoms with Gasteiger partial charge in [0.05, 0.1) is 0 Å². The van der Waals surface area contributed by atoms with Crippen molar-refractivity contribution in [2.75, 3.05) is 0 Å². The van der Waals surface area contributed by atoms with E-state index in [1.807, 2.05) is 13.0 Å². The predicted octanol–water partition coefficient (Wildman–Crippen LogP) is 9.68. The van der Waals surface area contributed by atoms with Crippen LogP contribution in [-0.2, 0) is 4.74 Å². The molecule has 0 aromatic carbocycles. The standard InChI is InChI=1S/C30H52O2/c1-22(2)12-10-15-23(3)13-8-9-14-24(4)16-11-18-30(7)19-17-27-21-28(31)26(6)25(5)20-29(27)32-30/h20-25,31H,8-19H2,1-7H3/t23-,24+,25?,30+/m0/s1. The van der Waals surface area contributed by atoms with Gasteiger partial charge in [0.15, 0.2) is 0 Å². The molecule has 0 bridgehead atoms. The number of aliphatic hydroxyl groups excluding tert-OH is 1. The fourth-order valence-electron chi connectivity index (χ4n) is 5.20. The molecule has 0 radical (unpaired) electrons. The average molecular weight is 445 g/mol. The Morgan fingerprint density at radius 3 is 2.19 bits per heavy atom. The van der Waals surface area contributed by atoms with Gasteiger partial charge >= 0.3 is 0 Å². The lowest BCUT2D eigenvalue weighted by atomic mass is 9.85. The highest BCUT2D eigenvalue weighted by Crippen LogP contribution is 2.41. The highest BCUT2D eigenvalue weighted by atomic mass is 16.5. The molecule has 0 spiro atoms. The second-order valence-electron chi connectivity index (χ2n) is 11.8. The van der Waals surface area contributed by atoms with E-state index in [4.69, 9.17) is 4.74 Å². The lowest BCUT2D eigenvalue weighted by Gasteiger charge is -2.38. The van der Waals surface area contributed by atoms with Crippen molar-refractivity contribution in [1.82, 2.24) is 0 Å². The lowest BCUT2D eigenvalue weighted by Crippen LogP contribution is -2.33. The Balaban J connectivity index is 1.65. The van der Waals surface area contributed by atoms with E-state index in [0.29, 0.717) is 5.76 Å². The first-order chi connectivity index (χ1) is 15.1. The SMILES string of the molecule is CC1=C(O)C=C2CC[C@@](C)(CCC[C@H](C)CCCC[C@H](C)CCCC(C)C)OC2=CC1C. The van der Waals surface area contributed by atoms with Crippen molar-refractivity contribution < 1.29 is 9.84 Å². The molecule has 1 heterocycles. The van der Waals surface area contributed by atoms with Crippen LogP contribution in [0, 0.1) is 23.7 Å². The fourth-order valence-corrected chi connectivity index (χ4v) is 5.20. The summed E-state index contributed by atoms with van der Waals surface area (Å²) in [5.74, 6) is 4.21. The van der Waals surface area contributed by atoms with Gasteiger partial charge in [-0.2, -0.15) is 0 Å². The van der Waals surface area contributed by atoms with Gasteiger partial charge in [-0.05, 0) is 80.6 Å². The van der Waals surface area contributed by atoms with E-state index in [0.717, 1.165) is 53.9 Å². The maximum Gasteiger partial charge on any atom is 0.120 e. The second kappa shape index (κ2) is 12.9. The summed E-state index contributed by atoms with van der Waals surface area (Å²) in [5, 5.41) is 10.3. The van der Waals surface area contributed by atoms with Crippen molar-refractivity contribution in [1.29, 1.82) is 0 Å². The molecule has 2 heteroatoms. The first-order valence-electron chi connectivity index (χ1n) is 13.6. The van der Waals surface area contributed by atoms with Crippen LogP contribution in [0.25, 0.3) is 0 Å². The molecule has 2 nitrogen and oxygen atoms in total. The number of aliphatic hydroxyl groups is 1. The van der Waals surface area contributed by atoms with Gasteiger partial charge in [0.1, 0.15) is 17.1 Å². The van der Waals surface area contributed by atoms with Gasteiger partial charge in [-0.3, -0.25) is 0 Å². The highest BCUT2D eigenvalue weighted by molar-refractivity contribution is 5.40. The molecule has 4 atom stereocenters. The third kappa shape index (κ3) is 8.99. The quantitative estimate of drug-likeness (QED) is 0.286. The Morgan fingerprint density at radius 1 is 0.969 bits per heavy atom. The number of rotatable bonds is 13. The van der Waals surface area contributed by atoms with Crippen LogP contribution in [-0.4, -0.2) is 10.7 Å². The van der Waals surface area contributed by atoms with Crippen LogP contribution in [0.3, 0.4) is 0 Å². The normalized spacial score (nSPS) is 25.6. The minimum absolute atomic E-state index is 0.0676. The Hall–Kier alpha value is -1.18. The Bertz CT molecular complexity index is 668. The first kappa shape index (κ1) is 27.1. The van der Waals surface area contributed by atoms with E-state index in [1.165, 1.54) is 57.8 Å². The summed E-state index contributed by atoms with van der Waals surface area (Å²) in [6.07, 6.45) is 19.6. The molecule has 2 aliphatic rings. The predicted molar refractivity (Wildman–Crippen MR) is 139 cm³/mol. The number of hydrogen-bond donors (Lipinski definition) is 1. The van der Waals surface area contributed by atoms with E-state index in [9.17, 15) is 5.11 Å². The minimum atomic E-state index is -0.0676. The van der Waals surface area contributed by atoms with E-state index in [2.05, 4.69) is 47.6 Å². The lowest BCUT2D eigenvalue weighted by molar-refractivity contribution is -0.0113. The molecule has 1 unspecified atom stereocenters. The molecular weight excluding hydrogens is 392 g/mol. The molecule has 0 aromatic heterocycles. The summed E-state index contributed by atoms with van der Waals surface area (Å²) in [7, 11) is 0. The Kier molecular flexibility index (Phi) is 10.9. The summed E-state index contributed by atoms with van der Waals surface area (Å²) in [4.78, 5) is 0. The molecule has 1 saturated heterocycles. The number of allylic oxidation sites excluding steroid dienone is 4. The summed E-state index contributed by atoms with van der Waals surface area (Å²) >= 11 is 0. The van der Waals surface area contributed by atoms with Crippen LogP contribution in [0.1, 0.15) is 126 Å². The first-order valence-corrected chi connectivity index (χ1v) is 13.6. The summed E-state index contributed by atoms with van der Waals surface area (Å²) in [6.45, 7) is 16.0. The van der Waals surface area contributed by atoms with Crippen molar-refractivity contribution >= 4 is 0 Å². The monoisotopic (exact) mass is 444 g/mol. The molecule has 184 valence electrons. The van der Waals surface area contributed by atoms with Crippen molar-refractivity contribution in [3.8, 4) is 0 Å². The number of hydrogen-bond acceptors (Lipinski definition) is 2. The van der Waals surface area contributed by atoms with Gasteiger partial charge in [-0.15, -0.1) is 0 Å². The molecular formula is C30H52O2. The van der Waals surface area contributed by atoms with Gasteiger partial charge in [-0.1, -0.05) is 86.0 Å². The maximum atomic E-state index is 10.3. The van der Waals surface area contributed by atoms with Crippen molar-refractivity contribution in [3.05, 3.63) is 34.8 Å². The maximum absolute atomic E-state index is 10.3. The number of fused-ring (bicyclic) bond motifs is 1. The molecule has 1 aliphatic heterocycles. The second-order valence-corrected chi connectivity index (χ2v) is 11.8. The molecule has 32 heavy (non-hydrogen) atoms. The average Bonchev–Trinajstić information content (AvgIpc) is 2.81. The van der Waals surface area contributed by atoms with Crippen molar-refractivity contribution in [2.45, 2.75) is 131 Å². The zero-order valence-electron chi connectivity index (χ0n) is 22.3. The molecule has 2 rings (SSSR count). The van der Waals surface area contributed by atoms with Gasteiger partial charge in [-0.25, -0.2) is 0 Å². The Labute approximate surface area is 199 Å². The zero-order chi connectivity index (χ0) is 23.7. The van der Waals surface area contributed by atoms with Crippen LogP contribution in [0.5, 0.6) is 0 Å². The van der Waals surface area contributed by atoms with Crippen LogP contribution >= 0.6 is 0 Å². The van der Waals surface area contributed by atoms with E-state index in [-0.39, 0.29) is 11.5 Å². The molecule has 1 N–H and O–H groups in total. The fraction of sp³-hybridized carbons (Fsp3) is 0.800. The molecule has 0 saturated carbocycles. The van der Waals surface area contributed by atoms with E-state index in [1.54, 1.807) is 0 Å². The molecule has 0 aromatic rings. The van der Waals surface area contributed by atoms with Crippen LogP contribution in [0.2, 0.25) is 0 Å². The Morgan fingerprint density at radius 2 is 1.56 bits per heavy atom. The summed E-state index contributed by atoms with van der Waals surface area (Å²) in [5.41, 5.74) is 2.13. The van der Waals surface area contributed by atoms with Crippen molar-refractivity contribution in [3.63, 3.8) is 0 Å². The highest BCUT2D eigenvalue weighted by Gasteiger charge is 2.34. The van der Waals surface area contributed by atoms with Gasteiger partial charge < -0.3 is 9.84 Å². The third-order valence-corrected chi connectivity index (χ3v) is 7.92. The topological polar surface area (TPSA) is 29.5 Å². The van der Waals surface area contributed by atoms with Crippen LogP contribution in [0.4, 0.5) is 0 Å². The van der Waals surface area contributed by atoms with E-state index < -0.39 is 0 Å². The zero-order valence-corrected chi connectivity index (χ0v) is 22.3. The smallest absolute Gasteiger partial charge is 0.120 e. The third-order valence-electron chi connectivity index (χ3n) is 7.92. The summed E-state index contributed by atoms with van der Waals surface area (Å²) in [6, 6.07) is 0. The molecule has 1 fully saturated rings.